The van der Waals surface area contributed by atoms with Gasteiger partial charge in [0, 0.05) is 50.7 Å². The van der Waals surface area contributed by atoms with Gasteiger partial charge >= 0.3 is 0 Å². The normalized spacial score (nSPS) is 19.2. The number of benzene rings is 3. The van der Waals surface area contributed by atoms with Gasteiger partial charge in [0.15, 0.2) is 6.29 Å². The van der Waals surface area contributed by atoms with Crippen molar-refractivity contribution in [3.63, 3.8) is 0 Å². The molecule has 0 spiro atoms. The maximum absolute atomic E-state index is 12.5. The number of nitrogens with one attached hydrogen (secondary N) is 2. The number of thioether (sulfide) groups is 1. The second-order valence-electron chi connectivity index (χ2n) is 12.1. The van der Waals surface area contributed by atoms with Crippen LogP contribution in [-0.4, -0.2) is 55.5 Å². The van der Waals surface area contributed by atoms with Crippen LogP contribution in [-0.2, 0) is 39.3 Å². The highest BCUT2D eigenvalue weighted by Gasteiger charge is 2.38. The number of carbonyl (C=O) groups excluding carboxylic acids is 2. The molecule has 0 unspecified atom stereocenters. The third-order valence-electron chi connectivity index (χ3n) is 8.52. The molecular weight excluding hydrogens is 629 g/mol. The fraction of sp³-hybridized carbons (Fsp3) is 0.417. The van der Waals surface area contributed by atoms with Gasteiger partial charge in [0.05, 0.1) is 18.8 Å². The Morgan fingerprint density at radius 2 is 1.69 bits per heavy atom. The minimum absolute atomic E-state index is 0.0118. The van der Waals surface area contributed by atoms with Crippen LogP contribution >= 0.6 is 11.8 Å². The Labute approximate surface area is 285 Å². The molecule has 4 atom stereocenters. The Bertz CT molecular complexity index is 1630. The van der Waals surface area contributed by atoms with E-state index in [1.807, 2.05) is 61.6 Å². The highest BCUT2D eigenvalue weighted by atomic mass is 32.2. The number of ether oxygens (including phenoxy) is 2. The van der Waals surface area contributed by atoms with Crippen LogP contribution in [0.2, 0.25) is 0 Å². The molecule has 1 aliphatic rings. The van der Waals surface area contributed by atoms with Gasteiger partial charge in [0.25, 0.3) is 0 Å². The van der Waals surface area contributed by atoms with Crippen molar-refractivity contribution in [2.75, 3.05) is 12.3 Å². The van der Waals surface area contributed by atoms with E-state index < -0.39 is 6.29 Å². The smallest absolute Gasteiger partial charge is 0.220 e. The van der Waals surface area contributed by atoms with Crippen molar-refractivity contribution in [3.05, 3.63) is 95.1 Å². The number of hydrogen-bond donors (Lipinski definition) is 3. The number of aromatic nitrogens is 4. The molecular formula is C36H44N6O5S. The number of carbonyl (C=O) groups is 2. The predicted octanol–water partition coefficient (Wildman–Crippen LogP) is 5.27. The van der Waals surface area contributed by atoms with E-state index in [0.29, 0.717) is 25.3 Å². The predicted molar refractivity (Wildman–Crippen MR) is 183 cm³/mol. The van der Waals surface area contributed by atoms with E-state index in [2.05, 4.69) is 51.3 Å². The van der Waals surface area contributed by atoms with E-state index in [4.69, 9.17) is 9.47 Å². The fourth-order valence-electron chi connectivity index (χ4n) is 5.72. The Kier molecular flexibility index (Phi) is 12.7. The summed E-state index contributed by atoms with van der Waals surface area (Å²) in [5.74, 6) is 0.677. The zero-order valence-corrected chi connectivity index (χ0v) is 28.5. The average molecular weight is 673 g/mol. The van der Waals surface area contributed by atoms with Crippen LogP contribution in [0.1, 0.15) is 74.2 Å². The van der Waals surface area contributed by atoms with Gasteiger partial charge in [-0.25, -0.2) is 4.68 Å². The third kappa shape index (κ3) is 9.50. The standard InChI is InChI=1S/C36H44N6O5S/c1-24-32(23-48-36-39-40-41-42(36)3)46-35(47-34(24)28-14-12-26(22-43)13-15-28)29-18-16-27(17-19-29)31-10-7-6-9-30(31)21-38-33(45)11-5-4-8-20-37-25(2)44/h6-7,9-10,12-19,24,32,34-35,43H,4-5,8,11,20-23H2,1-3H3,(H,37,44)(H,38,45)/t24-,32+,34+,35+/m0/s1. The van der Waals surface area contributed by atoms with Crippen molar-refractivity contribution in [2.24, 2.45) is 13.0 Å². The fourth-order valence-corrected chi connectivity index (χ4v) is 6.73. The molecule has 2 amide bonds. The number of amides is 2. The van der Waals surface area contributed by atoms with E-state index in [-0.39, 0.29) is 36.5 Å². The quantitative estimate of drug-likeness (QED) is 0.114. The molecule has 4 aromatic rings. The van der Waals surface area contributed by atoms with Crippen LogP contribution in [0.15, 0.2) is 78.0 Å². The number of unbranched alkanes of at least 4 members (excludes halogenated alkanes) is 2. The van der Waals surface area contributed by atoms with Crippen LogP contribution in [0.25, 0.3) is 11.1 Å². The average Bonchev–Trinajstić information content (AvgIpc) is 3.52. The summed E-state index contributed by atoms with van der Waals surface area (Å²) in [5, 5.41) is 27.9. The summed E-state index contributed by atoms with van der Waals surface area (Å²) in [6.45, 7) is 4.71. The summed E-state index contributed by atoms with van der Waals surface area (Å²) in [6.07, 6.45) is 2.03. The molecule has 5 rings (SSSR count). The van der Waals surface area contributed by atoms with Crippen molar-refractivity contribution >= 4 is 23.6 Å². The van der Waals surface area contributed by atoms with Crippen LogP contribution in [0.4, 0.5) is 0 Å². The monoisotopic (exact) mass is 672 g/mol. The lowest BCUT2D eigenvalue weighted by molar-refractivity contribution is -0.268. The summed E-state index contributed by atoms with van der Waals surface area (Å²) in [4.78, 5) is 23.5. The van der Waals surface area contributed by atoms with Gasteiger partial charge < -0.3 is 25.2 Å². The van der Waals surface area contributed by atoms with Gasteiger partial charge in [-0.1, -0.05) is 97.9 Å². The molecule has 3 N–H and O–H groups in total. The molecule has 0 aliphatic carbocycles. The Balaban J connectivity index is 1.25. The van der Waals surface area contributed by atoms with Gasteiger partial charge in [-0.2, -0.15) is 0 Å². The molecule has 0 bridgehead atoms. The number of aryl methyl sites for hydroxylation is 1. The second-order valence-corrected chi connectivity index (χ2v) is 13.1. The number of nitrogens with zero attached hydrogens (tertiary/aromatic N) is 4. The maximum Gasteiger partial charge on any atom is 0.220 e. The van der Waals surface area contributed by atoms with Gasteiger partial charge in [-0.05, 0) is 51.1 Å². The molecule has 1 saturated heterocycles. The minimum atomic E-state index is -0.589. The molecule has 254 valence electrons. The first-order chi connectivity index (χ1) is 23.3. The summed E-state index contributed by atoms with van der Waals surface area (Å²) in [5.41, 5.74) is 5.90. The van der Waals surface area contributed by atoms with Crippen LogP contribution in [0.5, 0.6) is 0 Å². The Morgan fingerprint density at radius 3 is 2.40 bits per heavy atom. The van der Waals surface area contributed by atoms with Crippen LogP contribution < -0.4 is 10.6 Å². The maximum atomic E-state index is 12.5. The molecule has 1 fully saturated rings. The first-order valence-corrected chi connectivity index (χ1v) is 17.4. The van der Waals surface area contributed by atoms with Crippen LogP contribution in [0.3, 0.4) is 0 Å². The van der Waals surface area contributed by atoms with Gasteiger partial charge in [0.1, 0.15) is 0 Å². The number of hydrogen-bond acceptors (Lipinski definition) is 9. The minimum Gasteiger partial charge on any atom is -0.392 e. The van der Waals surface area contributed by atoms with E-state index in [9.17, 15) is 14.7 Å². The van der Waals surface area contributed by atoms with E-state index in [0.717, 1.165) is 57.8 Å². The molecule has 12 heteroatoms. The Morgan fingerprint density at radius 1 is 0.938 bits per heavy atom. The topological polar surface area (TPSA) is 140 Å². The second kappa shape index (κ2) is 17.3. The molecule has 1 aliphatic heterocycles. The molecule has 3 aromatic carbocycles. The summed E-state index contributed by atoms with van der Waals surface area (Å²) >= 11 is 1.55. The molecule has 0 radical (unpaired) electrons. The van der Waals surface area contributed by atoms with Crippen molar-refractivity contribution in [1.82, 2.24) is 30.8 Å². The number of aliphatic hydroxyl groups excluding tert-OH is 1. The first kappa shape index (κ1) is 35.2. The SMILES string of the molecule is CC(=O)NCCCCCC(=O)NCc1ccccc1-c1ccc([C@@H]2O[C@H](CSc3nnnn3C)[C@H](C)[C@H](c3ccc(CO)cc3)O2)cc1. The largest absolute Gasteiger partial charge is 0.392 e. The molecule has 11 nitrogen and oxygen atoms in total. The highest BCUT2D eigenvalue weighted by molar-refractivity contribution is 7.99. The van der Waals surface area contributed by atoms with E-state index in [1.54, 1.807) is 16.4 Å². The lowest BCUT2D eigenvalue weighted by Gasteiger charge is -2.41. The molecule has 1 aromatic heterocycles. The zero-order valence-electron chi connectivity index (χ0n) is 27.7. The number of tetrazole rings is 1. The summed E-state index contributed by atoms with van der Waals surface area (Å²) in [6, 6.07) is 24.2. The zero-order chi connectivity index (χ0) is 33.9. The lowest BCUT2D eigenvalue weighted by atomic mass is 9.91. The van der Waals surface area contributed by atoms with Crippen molar-refractivity contribution < 1.29 is 24.2 Å². The third-order valence-corrected chi connectivity index (χ3v) is 9.62. The van der Waals surface area contributed by atoms with E-state index >= 15 is 0 Å². The number of rotatable bonds is 15. The van der Waals surface area contributed by atoms with Crippen molar-refractivity contribution in [1.29, 1.82) is 0 Å². The molecule has 48 heavy (non-hydrogen) atoms. The molecule has 0 saturated carbocycles. The molecule has 2 heterocycles. The van der Waals surface area contributed by atoms with Crippen LogP contribution in [0, 0.1) is 5.92 Å². The first-order valence-electron chi connectivity index (χ1n) is 16.4. The number of aliphatic hydroxyl groups is 1. The van der Waals surface area contributed by atoms with Gasteiger partial charge in [-0.15, -0.1) is 5.10 Å². The Hall–Kier alpha value is -4.10. The van der Waals surface area contributed by atoms with Crippen molar-refractivity contribution in [2.45, 2.75) is 76.3 Å². The van der Waals surface area contributed by atoms with E-state index in [1.165, 1.54) is 6.92 Å². The van der Waals surface area contributed by atoms with Crippen molar-refractivity contribution in [3.8, 4) is 11.1 Å². The summed E-state index contributed by atoms with van der Waals surface area (Å²) in [7, 11) is 1.82. The van der Waals surface area contributed by atoms with Gasteiger partial charge in [0.2, 0.25) is 17.0 Å². The summed E-state index contributed by atoms with van der Waals surface area (Å²) < 4.78 is 14.9. The lowest BCUT2D eigenvalue weighted by Crippen LogP contribution is -2.38. The van der Waals surface area contributed by atoms with Gasteiger partial charge in [-0.3, -0.25) is 9.59 Å². The highest BCUT2D eigenvalue weighted by Crippen LogP contribution is 2.43.